The van der Waals surface area contributed by atoms with Gasteiger partial charge in [0.15, 0.2) is 0 Å². The molecular weight excluding hydrogens is 360 g/mol. The molecule has 7 nitrogen and oxygen atoms in total. The molecule has 1 N–H and O–H groups in total. The predicted molar refractivity (Wildman–Crippen MR) is 104 cm³/mol. The smallest absolute Gasteiger partial charge is 0.338 e. The maximum Gasteiger partial charge on any atom is 0.338 e. The highest BCUT2D eigenvalue weighted by Crippen LogP contribution is 2.14. The highest BCUT2D eigenvalue weighted by molar-refractivity contribution is 5.93. The number of fused-ring (bicyclic) bond motifs is 1. The van der Waals surface area contributed by atoms with Crippen LogP contribution in [0.1, 0.15) is 47.1 Å². The number of aromatic nitrogens is 2. The minimum atomic E-state index is -1.10. The zero-order chi connectivity index (χ0) is 20.5. The van der Waals surface area contributed by atoms with Crippen molar-refractivity contribution >= 4 is 22.8 Å². The molecule has 0 saturated carbocycles. The fraction of sp³-hybridized carbons (Fsp3) is 0.238. The van der Waals surface area contributed by atoms with Crippen molar-refractivity contribution in [3.05, 3.63) is 75.8 Å². The number of esters is 1. The molecule has 3 aromatic rings. The summed E-state index contributed by atoms with van der Waals surface area (Å²) < 4.78 is 6.73. The summed E-state index contributed by atoms with van der Waals surface area (Å²) in [6.07, 6.45) is 1.42. The molecule has 28 heavy (non-hydrogen) atoms. The number of rotatable bonds is 4. The van der Waals surface area contributed by atoms with E-state index < -0.39 is 17.5 Å². The van der Waals surface area contributed by atoms with Gasteiger partial charge in [-0.3, -0.25) is 9.36 Å². The molecule has 0 spiro atoms. The van der Waals surface area contributed by atoms with E-state index in [-0.39, 0.29) is 23.1 Å². The molecule has 3 rings (SSSR count). The number of hydrogen-bond acceptors (Lipinski definition) is 5. The summed E-state index contributed by atoms with van der Waals surface area (Å²) in [7, 11) is 0. The molecule has 0 atom stereocenters. The Balaban J connectivity index is 1.86. The highest BCUT2D eigenvalue weighted by atomic mass is 16.6. The van der Waals surface area contributed by atoms with E-state index in [1.165, 1.54) is 29.1 Å². The van der Waals surface area contributed by atoms with Crippen molar-refractivity contribution in [3.63, 3.8) is 0 Å². The lowest BCUT2D eigenvalue weighted by Gasteiger charge is -2.19. The van der Waals surface area contributed by atoms with Crippen molar-refractivity contribution in [2.75, 3.05) is 0 Å². The molecule has 0 unspecified atom stereocenters. The Kier molecular flexibility index (Phi) is 5.00. The van der Waals surface area contributed by atoms with Crippen LogP contribution in [0.2, 0.25) is 0 Å². The van der Waals surface area contributed by atoms with E-state index in [2.05, 4.69) is 4.98 Å². The average molecular weight is 380 g/mol. The van der Waals surface area contributed by atoms with Gasteiger partial charge in [-0.15, -0.1) is 0 Å². The Labute approximate surface area is 161 Å². The van der Waals surface area contributed by atoms with Gasteiger partial charge in [0.2, 0.25) is 0 Å². The van der Waals surface area contributed by atoms with Gasteiger partial charge in [-0.05, 0) is 56.7 Å². The van der Waals surface area contributed by atoms with Gasteiger partial charge in [0.1, 0.15) is 5.60 Å². The minimum Gasteiger partial charge on any atom is -0.478 e. The van der Waals surface area contributed by atoms with E-state index in [1.54, 1.807) is 45.0 Å². The van der Waals surface area contributed by atoms with Crippen LogP contribution in [-0.4, -0.2) is 32.2 Å². The van der Waals surface area contributed by atoms with Gasteiger partial charge in [0, 0.05) is 0 Å². The molecular formula is C21H20N2O5. The Bertz CT molecular complexity index is 1110. The third kappa shape index (κ3) is 4.25. The summed E-state index contributed by atoms with van der Waals surface area (Å²) in [5.74, 6) is -1.51. The van der Waals surface area contributed by atoms with Gasteiger partial charge in [0.25, 0.3) is 5.56 Å². The fourth-order valence-electron chi connectivity index (χ4n) is 2.68. The molecule has 0 saturated heterocycles. The van der Waals surface area contributed by atoms with E-state index in [0.29, 0.717) is 11.1 Å². The number of carbonyl (C=O) groups excluding carboxylic acids is 1. The maximum atomic E-state index is 12.7. The number of nitrogens with zero attached hydrogens (tertiary/aromatic N) is 2. The number of benzene rings is 2. The molecule has 144 valence electrons. The molecule has 0 aliphatic rings. The van der Waals surface area contributed by atoms with E-state index >= 15 is 0 Å². The Hall–Kier alpha value is -3.48. The molecule has 0 aliphatic heterocycles. The van der Waals surface area contributed by atoms with E-state index in [1.807, 2.05) is 0 Å². The van der Waals surface area contributed by atoms with Gasteiger partial charge in [0.05, 0.1) is 34.9 Å². The second kappa shape index (κ2) is 7.26. The van der Waals surface area contributed by atoms with Crippen LogP contribution in [-0.2, 0) is 11.3 Å². The van der Waals surface area contributed by atoms with Gasteiger partial charge >= 0.3 is 11.9 Å². The summed E-state index contributed by atoms with van der Waals surface area (Å²) in [5, 5.41) is 9.36. The summed E-state index contributed by atoms with van der Waals surface area (Å²) >= 11 is 0. The minimum absolute atomic E-state index is 0.0332. The molecule has 1 aromatic heterocycles. The summed E-state index contributed by atoms with van der Waals surface area (Å²) in [6, 6.07) is 11.0. The van der Waals surface area contributed by atoms with E-state index in [9.17, 15) is 14.4 Å². The molecule has 2 aromatic carbocycles. The lowest BCUT2D eigenvalue weighted by atomic mass is 10.1. The van der Waals surface area contributed by atoms with Crippen molar-refractivity contribution in [3.8, 4) is 0 Å². The first-order valence-corrected chi connectivity index (χ1v) is 8.69. The second-order valence-electron chi connectivity index (χ2n) is 7.41. The average Bonchev–Trinajstić information content (AvgIpc) is 2.63. The number of carboxylic acid groups (broad SMARTS) is 1. The van der Waals surface area contributed by atoms with Crippen LogP contribution in [0, 0.1) is 0 Å². The topological polar surface area (TPSA) is 98.5 Å². The van der Waals surface area contributed by atoms with Gasteiger partial charge in [-0.1, -0.05) is 12.1 Å². The highest BCUT2D eigenvalue weighted by Gasteiger charge is 2.17. The maximum absolute atomic E-state index is 12.7. The number of ether oxygens (including phenoxy) is 1. The number of carbonyl (C=O) groups is 2. The Morgan fingerprint density at radius 1 is 1.07 bits per heavy atom. The normalized spacial score (nSPS) is 11.4. The quantitative estimate of drug-likeness (QED) is 0.699. The first-order chi connectivity index (χ1) is 13.1. The Morgan fingerprint density at radius 3 is 2.32 bits per heavy atom. The lowest BCUT2D eigenvalue weighted by molar-refractivity contribution is 0.00693. The monoisotopic (exact) mass is 380 g/mol. The number of aromatic carboxylic acids is 1. The van der Waals surface area contributed by atoms with Gasteiger partial charge < -0.3 is 9.84 Å². The second-order valence-corrected chi connectivity index (χ2v) is 7.41. The van der Waals surface area contributed by atoms with Crippen LogP contribution in [0.4, 0.5) is 0 Å². The van der Waals surface area contributed by atoms with Crippen LogP contribution >= 0.6 is 0 Å². The Morgan fingerprint density at radius 2 is 1.71 bits per heavy atom. The molecule has 0 radical (unpaired) electrons. The van der Waals surface area contributed by atoms with Crippen LogP contribution in [0.15, 0.2) is 53.6 Å². The zero-order valence-corrected chi connectivity index (χ0v) is 15.8. The van der Waals surface area contributed by atoms with Gasteiger partial charge in [-0.2, -0.15) is 0 Å². The van der Waals surface area contributed by atoms with Crippen LogP contribution in [0.5, 0.6) is 0 Å². The molecule has 1 heterocycles. The molecule has 0 bridgehead atoms. The standard InChI is InChI=1S/C21H20N2O5/c1-21(2,3)28-20(27)14-6-4-13(5-7-14)11-23-12-22-17-9-8-15(19(25)26)10-16(17)18(23)24/h4-10,12H,11H2,1-3H3,(H,25,26). The summed E-state index contributed by atoms with van der Waals surface area (Å²) in [5.41, 5.74) is 0.787. The summed E-state index contributed by atoms with van der Waals surface area (Å²) in [4.78, 5) is 40.1. The molecule has 0 amide bonds. The van der Waals surface area contributed by atoms with E-state index in [4.69, 9.17) is 9.84 Å². The zero-order valence-electron chi connectivity index (χ0n) is 15.8. The van der Waals surface area contributed by atoms with E-state index in [0.717, 1.165) is 5.56 Å². The fourth-order valence-corrected chi connectivity index (χ4v) is 2.68. The summed E-state index contributed by atoms with van der Waals surface area (Å²) in [6.45, 7) is 5.64. The largest absolute Gasteiger partial charge is 0.478 e. The van der Waals surface area contributed by atoms with Crippen molar-refractivity contribution in [1.29, 1.82) is 0 Å². The van der Waals surface area contributed by atoms with Crippen LogP contribution in [0.3, 0.4) is 0 Å². The number of hydrogen-bond donors (Lipinski definition) is 1. The molecule has 0 aliphatic carbocycles. The predicted octanol–water partition coefficient (Wildman–Crippen LogP) is 3.10. The molecule has 0 fully saturated rings. The van der Waals surface area contributed by atoms with Crippen LogP contribution in [0.25, 0.3) is 10.9 Å². The molecule has 7 heteroatoms. The van der Waals surface area contributed by atoms with Crippen molar-refractivity contribution in [1.82, 2.24) is 9.55 Å². The number of carboxylic acids is 1. The van der Waals surface area contributed by atoms with Crippen LogP contribution < -0.4 is 5.56 Å². The van der Waals surface area contributed by atoms with Crippen molar-refractivity contribution in [2.24, 2.45) is 0 Å². The third-order valence-corrected chi connectivity index (χ3v) is 4.01. The van der Waals surface area contributed by atoms with Crippen molar-refractivity contribution < 1.29 is 19.4 Å². The van der Waals surface area contributed by atoms with Crippen molar-refractivity contribution in [2.45, 2.75) is 32.9 Å². The first kappa shape index (κ1) is 19.3. The SMILES string of the molecule is CC(C)(C)OC(=O)c1ccc(Cn2cnc3ccc(C(=O)O)cc3c2=O)cc1. The first-order valence-electron chi connectivity index (χ1n) is 8.69. The van der Waals surface area contributed by atoms with Gasteiger partial charge in [-0.25, -0.2) is 14.6 Å². The lowest BCUT2D eigenvalue weighted by Crippen LogP contribution is -2.24. The third-order valence-electron chi connectivity index (χ3n) is 4.01.